The van der Waals surface area contributed by atoms with Crippen LogP contribution >= 0.6 is 0 Å². The maximum Gasteiger partial charge on any atom is 0.255 e. The molecule has 0 aromatic heterocycles. The number of carbonyl (C=O) groups is 1. The molecule has 0 fully saturated rings. The van der Waals surface area contributed by atoms with Gasteiger partial charge in [0.2, 0.25) is 0 Å². The largest absolute Gasteiger partial charge is 0.489 e. The Morgan fingerprint density at radius 3 is 2.57 bits per heavy atom. The Balaban J connectivity index is 1.41. The van der Waals surface area contributed by atoms with Gasteiger partial charge in [-0.15, -0.1) is 0 Å². The summed E-state index contributed by atoms with van der Waals surface area (Å²) >= 11 is 0. The van der Waals surface area contributed by atoms with E-state index < -0.39 is 0 Å². The minimum atomic E-state index is -0.285. The Bertz CT molecular complexity index is 988. The zero-order valence-electron chi connectivity index (χ0n) is 15.0. The third-order valence-corrected chi connectivity index (χ3v) is 4.22. The topological polar surface area (TPSA) is 56.8 Å². The molecule has 5 nitrogen and oxygen atoms in total. The molecule has 0 saturated heterocycles. The summed E-state index contributed by atoms with van der Waals surface area (Å²) in [6, 6.07) is 18.3. The van der Waals surface area contributed by atoms with Gasteiger partial charge >= 0.3 is 0 Å². The fraction of sp³-hybridized carbons (Fsp3) is 0.136. The molecule has 1 aliphatic heterocycles. The van der Waals surface area contributed by atoms with E-state index in [1.54, 1.807) is 54.6 Å². The molecular weight excluding hydrogens is 361 g/mol. The van der Waals surface area contributed by atoms with E-state index in [1.165, 1.54) is 12.1 Å². The van der Waals surface area contributed by atoms with Gasteiger partial charge < -0.3 is 19.5 Å². The molecule has 1 N–H and O–H groups in total. The van der Waals surface area contributed by atoms with Crippen molar-refractivity contribution in [3.8, 4) is 17.2 Å². The van der Waals surface area contributed by atoms with Crippen molar-refractivity contribution in [2.45, 2.75) is 6.61 Å². The van der Waals surface area contributed by atoms with Gasteiger partial charge in [0.25, 0.3) is 5.91 Å². The molecule has 0 unspecified atom stereocenters. The second-order valence-corrected chi connectivity index (χ2v) is 6.26. The van der Waals surface area contributed by atoms with Gasteiger partial charge in [-0.2, -0.15) is 0 Å². The third-order valence-electron chi connectivity index (χ3n) is 4.22. The molecule has 0 radical (unpaired) electrons. The molecule has 1 heterocycles. The highest BCUT2D eigenvalue weighted by atomic mass is 19.1. The highest BCUT2D eigenvalue weighted by Crippen LogP contribution is 2.31. The number of hydrogen-bond acceptors (Lipinski definition) is 4. The lowest BCUT2D eigenvalue weighted by atomic mass is 10.1. The van der Waals surface area contributed by atoms with Gasteiger partial charge in [0.05, 0.1) is 0 Å². The quantitative estimate of drug-likeness (QED) is 0.713. The number of rotatable bonds is 5. The average molecular weight is 379 g/mol. The maximum absolute atomic E-state index is 13.0. The van der Waals surface area contributed by atoms with Gasteiger partial charge in [-0.1, -0.05) is 18.2 Å². The van der Waals surface area contributed by atoms with E-state index in [2.05, 4.69) is 5.32 Å². The van der Waals surface area contributed by atoms with Gasteiger partial charge in [0, 0.05) is 17.3 Å². The number of anilines is 1. The van der Waals surface area contributed by atoms with E-state index in [9.17, 15) is 9.18 Å². The lowest BCUT2D eigenvalue weighted by molar-refractivity contribution is 0.102. The first kappa shape index (κ1) is 17.9. The molecule has 4 rings (SSSR count). The van der Waals surface area contributed by atoms with Crippen LogP contribution in [0, 0.1) is 5.82 Å². The van der Waals surface area contributed by atoms with Crippen molar-refractivity contribution in [2.75, 3.05) is 18.5 Å². The van der Waals surface area contributed by atoms with Crippen LogP contribution in [0.15, 0.2) is 66.7 Å². The monoisotopic (exact) mass is 379 g/mol. The van der Waals surface area contributed by atoms with Gasteiger partial charge in [-0.05, 0) is 48.0 Å². The third kappa shape index (κ3) is 4.23. The van der Waals surface area contributed by atoms with Crippen LogP contribution in [0.5, 0.6) is 17.2 Å². The van der Waals surface area contributed by atoms with Crippen molar-refractivity contribution in [1.29, 1.82) is 0 Å². The Labute approximate surface area is 161 Å². The summed E-state index contributed by atoms with van der Waals surface area (Å²) < 4.78 is 29.7. The summed E-state index contributed by atoms with van der Waals surface area (Å²) in [5, 5.41) is 2.85. The number of halogens is 1. The fourth-order valence-corrected chi connectivity index (χ4v) is 2.80. The summed E-state index contributed by atoms with van der Waals surface area (Å²) in [6.45, 7) is 1.27. The molecule has 0 saturated carbocycles. The molecule has 142 valence electrons. The minimum absolute atomic E-state index is 0.257. The Kier molecular flexibility index (Phi) is 5.10. The summed E-state index contributed by atoms with van der Waals surface area (Å²) in [7, 11) is 0. The molecule has 0 spiro atoms. The highest BCUT2D eigenvalue weighted by molar-refractivity contribution is 6.04. The number of amides is 1. The molecule has 0 aliphatic carbocycles. The number of nitrogens with one attached hydrogen (secondary N) is 1. The summed E-state index contributed by atoms with van der Waals surface area (Å²) in [4.78, 5) is 12.5. The molecule has 6 heteroatoms. The van der Waals surface area contributed by atoms with Gasteiger partial charge in [-0.25, -0.2) is 4.39 Å². The smallest absolute Gasteiger partial charge is 0.255 e. The first-order chi connectivity index (χ1) is 13.7. The predicted octanol–water partition coefficient (Wildman–Crippen LogP) is 4.43. The SMILES string of the molecule is O=C(Nc1cccc(OCc2ccc(F)cc2)c1)c1ccc2c(c1)OCCO2. The van der Waals surface area contributed by atoms with Crippen molar-refractivity contribution in [1.82, 2.24) is 0 Å². The second kappa shape index (κ2) is 8.00. The lowest BCUT2D eigenvalue weighted by Crippen LogP contribution is -2.17. The van der Waals surface area contributed by atoms with Crippen molar-refractivity contribution < 1.29 is 23.4 Å². The lowest BCUT2D eigenvalue weighted by Gasteiger charge is -2.18. The van der Waals surface area contributed by atoms with E-state index in [0.29, 0.717) is 48.3 Å². The number of fused-ring (bicyclic) bond motifs is 1. The van der Waals surface area contributed by atoms with Crippen LogP contribution in [0.4, 0.5) is 10.1 Å². The molecule has 3 aromatic carbocycles. The van der Waals surface area contributed by atoms with Crippen LogP contribution in [0.3, 0.4) is 0 Å². The van der Waals surface area contributed by atoms with E-state index in [4.69, 9.17) is 14.2 Å². The van der Waals surface area contributed by atoms with Gasteiger partial charge in [0.1, 0.15) is 31.4 Å². The summed E-state index contributed by atoms with van der Waals surface area (Å²) in [5.74, 6) is 1.26. The van der Waals surface area contributed by atoms with Crippen molar-refractivity contribution in [3.05, 3.63) is 83.7 Å². The Morgan fingerprint density at radius 2 is 1.75 bits per heavy atom. The van der Waals surface area contributed by atoms with Crippen LogP contribution in [0.25, 0.3) is 0 Å². The fourth-order valence-electron chi connectivity index (χ4n) is 2.80. The van der Waals surface area contributed by atoms with Crippen molar-refractivity contribution in [3.63, 3.8) is 0 Å². The summed E-state index contributed by atoms with van der Waals surface area (Å²) in [6.07, 6.45) is 0. The number of carbonyl (C=O) groups excluding carboxylic acids is 1. The average Bonchev–Trinajstić information content (AvgIpc) is 2.73. The van der Waals surface area contributed by atoms with Crippen LogP contribution in [-0.2, 0) is 6.61 Å². The van der Waals surface area contributed by atoms with E-state index in [1.807, 2.05) is 0 Å². The summed E-state index contributed by atoms with van der Waals surface area (Å²) in [5.41, 5.74) is 1.94. The highest BCUT2D eigenvalue weighted by Gasteiger charge is 2.15. The molecule has 0 bridgehead atoms. The van der Waals surface area contributed by atoms with Gasteiger partial charge in [0.15, 0.2) is 11.5 Å². The van der Waals surface area contributed by atoms with Crippen LogP contribution < -0.4 is 19.5 Å². The number of ether oxygens (including phenoxy) is 3. The molecule has 28 heavy (non-hydrogen) atoms. The van der Waals surface area contributed by atoms with E-state index in [-0.39, 0.29) is 11.7 Å². The normalized spacial score (nSPS) is 12.3. The first-order valence-electron chi connectivity index (χ1n) is 8.86. The molecule has 3 aromatic rings. The zero-order chi connectivity index (χ0) is 19.3. The standard InChI is InChI=1S/C22H18FNO4/c23-17-7-4-15(5-8-17)14-28-19-3-1-2-18(13-19)24-22(25)16-6-9-20-21(12-16)27-11-10-26-20/h1-9,12-13H,10-11,14H2,(H,24,25). The van der Waals surface area contributed by atoms with E-state index in [0.717, 1.165) is 5.56 Å². The van der Waals surface area contributed by atoms with E-state index >= 15 is 0 Å². The number of hydrogen-bond donors (Lipinski definition) is 1. The van der Waals surface area contributed by atoms with Crippen LogP contribution in [0.2, 0.25) is 0 Å². The first-order valence-corrected chi connectivity index (χ1v) is 8.86. The maximum atomic E-state index is 13.0. The van der Waals surface area contributed by atoms with Crippen LogP contribution in [0.1, 0.15) is 15.9 Å². The Morgan fingerprint density at radius 1 is 0.964 bits per heavy atom. The molecule has 1 aliphatic rings. The molecular formula is C22H18FNO4. The Hall–Kier alpha value is -3.54. The zero-order valence-corrected chi connectivity index (χ0v) is 15.0. The van der Waals surface area contributed by atoms with Gasteiger partial charge in [-0.3, -0.25) is 4.79 Å². The van der Waals surface area contributed by atoms with Crippen molar-refractivity contribution in [2.24, 2.45) is 0 Å². The minimum Gasteiger partial charge on any atom is -0.489 e. The second-order valence-electron chi connectivity index (χ2n) is 6.26. The van der Waals surface area contributed by atoms with Crippen molar-refractivity contribution >= 4 is 11.6 Å². The predicted molar refractivity (Wildman–Crippen MR) is 103 cm³/mol. The number of benzene rings is 3. The molecule has 0 atom stereocenters. The molecule has 1 amide bonds. The van der Waals surface area contributed by atoms with Crippen LogP contribution in [-0.4, -0.2) is 19.1 Å².